The number of anilines is 1. The number of para-hydroxylation sites is 1. The van der Waals surface area contributed by atoms with Crippen LogP contribution in [0.3, 0.4) is 0 Å². The number of nitrogens with zero attached hydrogens (tertiary/aromatic N) is 1. The standard InChI is InChI=1S/C40H52N2O6SSi/c1-27-18-20-31(21-19-27)49(44,45)47-35(28(2)48-50(7,8)39(3,4)5)25-30-24-32(38(43)46-6)36-40(33-16-12-13-17-34(33)41-36)22-23-42(37(30)40)26-29-14-10-9-11-15-29/h9-21,28,30,35,37,41H,22-26H2,1-8H3/t28?,30?,35?,37?,40-/m0/s1. The number of carbonyl (C=O) groups is 1. The van der Waals surface area contributed by atoms with Crippen molar-refractivity contribution in [2.75, 3.05) is 19.0 Å². The Labute approximate surface area is 299 Å². The number of likely N-dealkylation sites (tertiary alicyclic amines) is 1. The highest BCUT2D eigenvalue weighted by atomic mass is 32.2. The van der Waals surface area contributed by atoms with Gasteiger partial charge in [0.15, 0.2) is 8.32 Å². The largest absolute Gasteiger partial charge is 0.466 e. The van der Waals surface area contributed by atoms with Crippen LogP contribution in [-0.4, -0.2) is 59.5 Å². The van der Waals surface area contributed by atoms with Crippen LogP contribution in [0.2, 0.25) is 18.1 Å². The first-order chi connectivity index (χ1) is 23.6. The molecule has 3 aromatic carbocycles. The van der Waals surface area contributed by atoms with E-state index in [1.807, 2.05) is 26.0 Å². The van der Waals surface area contributed by atoms with Gasteiger partial charge in [-0.2, -0.15) is 8.42 Å². The van der Waals surface area contributed by atoms with Gasteiger partial charge in [-0.15, -0.1) is 0 Å². The molecule has 1 saturated heterocycles. The van der Waals surface area contributed by atoms with Gasteiger partial charge in [0.05, 0.1) is 29.1 Å². The van der Waals surface area contributed by atoms with Crippen molar-refractivity contribution in [3.8, 4) is 0 Å². The molecule has 1 N–H and O–H groups in total. The van der Waals surface area contributed by atoms with Crippen molar-refractivity contribution in [1.29, 1.82) is 0 Å². The number of hydrogen-bond acceptors (Lipinski definition) is 8. The number of nitrogens with one attached hydrogen (secondary N) is 1. The molecular weight excluding hydrogens is 665 g/mol. The third kappa shape index (κ3) is 6.73. The molecule has 0 radical (unpaired) electrons. The fourth-order valence-corrected chi connectivity index (χ4v) is 10.7. The zero-order valence-electron chi connectivity index (χ0n) is 30.7. The van der Waals surface area contributed by atoms with E-state index in [2.05, 4.69) is 86.5 Å². The average Bonchev–Trinajstić information content (AvgIpc) is 3.61. The summed E-state index contributed by atoms with van der Waals surface area (Å²) in [6, 6.07) is 25.5. The molecule has 50 heavy (non-hydrogen) atoms. The molecule has 0 amide bonds. The number of methoxy groups -OCH3 is 1. The first-order valence-corrected chi connectivity index (χ1v) is 22.0. The van der Waals surface area contributed by atoms with Crippen molar-refractivity contribution in [1.82, 2.24) is 4.90 Å². The van der Waals surface area contributed by atoms with Gasteiger partial charge in [-0.3, -0.25) is 9.08 Å². The van der Waals surface area contributed by atoms with Gasteiger partial charge in [-0.1, -0.05) is 87.0 Å². The summed E-state index contributed by atoms with van der Waals surface area (Å²) in [6.07, 6.45) is 0.259. The molecule has 0 aromatic heterocycles. The first-order valence-electron chi connectivity index (χ1n) is 17.7. The minimum absolute atomic E-state index is 0.0458. The lowest BCUT2D eigenvalue weighted by atomic mass is 9.62. The molecule has 1 spiro atoms. The van der Waals surface area contributed by atoms with Crippen LogP contribution in [0.4, 0.5) is 5.69 Å². The molecule has 3 aromatic rings. The third-order valence-electron chi connectivity index (χ3n) is 11.6. The second kappa shape index (κ2) is 13.7. The molecule has 1 fully saturated rings. The Hall–Kier alpha value is -3.28. The lowest BCUT2D eigenvalue weighted by Crippen LogP contribution is -2.53. The predicted octanol–water partition coefficient (Wildman–Crippen LogP) is 7.95. The lowest BCUT2D eigenvalue weighted by molar-refractivity contribution is -0.136. The van der Waals surface area contributed by atoms with Gasteiger partial charge in [0, 0.05) is 30.5 Å². The fourth-order valence-electron chi connectivity index (χ4n) is 8.13. The Morgan fingerprint density at radius 3 is 2.34 bits per heavy atom. The number of hydrogen-bond donors (Lipinski definition) is 1. The van der Waals surface area contributed by atoms with Crippen molar-refractivity contribution in [3.63, 3.8) is 0 Å². The van der Waals surface area contributed by atoms with Crippen molar-refractivity contribution in [2.45, 2.75) is 107 Å². The van der Waals surface area contributed by atoms with Gasteiger partial charge in [-0.05, 0) is 86.5 Å². The van der Waals surface area contributed by atoms with E-state index in [0.29, 0.717) is 18.4 Å². The van der Waals surface area contributed by atoms with Crippen molar-refractivity contribution < 1.29 is 26.6 Å². The van der Waals surface area contributed by atoms with Crippen LogP contribution >= 0.6 is 0 Å². The number of ether oxygens (including phenoxy) is 1. The Balaban J connectivity index is 1.46. The maximum atomic E-state index is 14.0. The minimum atomic E-state index is -4.14. The number of benzene rings is 3. The summed E-state index contributed by atoms with van der Waals surface area (Å²) in [5.74, 6) is -0.518. The third-order valence-corrected chi connectivity index (χ3v) is 17.5. The molecule has 2 aliphatic heterocycles. The summed E-state index contributed by atoms with van der Waals surface area (Å²) in [4.78, 5) is 16.3. The van der Waals surface area contributed by atoms with Crippen molar-refractivity contribution in [3.05, 3.63) is 107 Å². The highest BCUT2D eigenvalue weighted by Crippen LogP contribution is 2.60. The summed E-state index contributed by atoms with van der Waals surface area (Å²) in [7, 11) is -5.05. The smallest absolute Gasteiger partial charge is 0.335 e. The number of carbonyl (C=O) groups excluding carboxylic acids is 1. The summed E-state index contributed by atoms with van der Waals surface area (Å²) < 4.78 is 46.6. The predicted molar refractivity (Wildman–Crippen MR) is 200 cm³/mol. The van der Waals surface area contributed by atoms with E-state index in [-0.39, 0.29) is 27.9 Å². The first kappa shape index (κ1) is 36.5. The number of aryl methyl sites for hydroxylation is 1. The highest BCUT2D eigenvalue weighted by molar-refractivity contribution is 7.86. The van der Waals surface area contributed by atoms with Gasteiger partial charge >= 0.3 is 5.97 Å². The number of rotatable bonds is 11. The van der Waals surface area contributed by atoms with Gasteiger partial charge in [0.2, 0.25) is 0 Å². The minimum Gasteiger partial charge on any atom is -0.466 e. The fraction of sp³-hybridized carbons (Fsp3) is 0.475. The Morgan fingerprint density at radius 2 is 1.68 bits per heavy atom. The van der Waals surface area contributed by atoms with Crippen LogP contribution in [0.25, 0.3) is 0 Å². The summed E-state index contributed by atoms with van der Waals surface area (Å²) in [6.45, 7) is 16.3. The zero-order chi connectivity index (χ0) is 36.1. The normalized spacial score (nSPS) is 23.4. The van der Waals surface area contributed by atoms with E-state index in [0.717, 1.165) is 42.0 Å². The Morgan fingerprint density at radius 1 is 1.02 bits per heavy atom. The Kier molecular flexibility index (Phi) is 10.00. The molecule has 3 aliphatic rings. The van der Waals surface area contributed by atoms with Crippen LogP contribution in [0.15, 0.2) is 95.0 Å². The lowest BCUT2D eigenvalue weighted by Gasteiger charge is -2.47. The van der Waals surface area contributed by atoms with E-state index in [9.17, 15) is 13.2 Å². The number of fused-ring (bicyclic) bond motifs is 1. The molecule has 1 aliphatic carbocycles. The van der Waals surface area contributed by atoms with Gasteiger partial charge in [-0.25, -0.2) is 4.79 Å². The molecule has 268 valence electrons. The van der Waals surface area contributed by atoms with Crippen molar-refractivity contribution >= 4 is 30.1 Å². The molecule has 0 saturated carbocycles. The molecule has 5 atom stereocenters. The molecule has 2 heterocycles. The monoisotopic (exact) mass is 716 g/mol. The topological polar surface area (TPSA) is 94.2 Å². The van der Waals surface area contributed by atoms with Gasteiger partial charge in [0.1, 0.15) is 6.10 Å². The molecule has 6 rings (SSSR count). The van der Waals surface area contributed by atoms with Gasteiger partial charge < -0.3 is 14.5 Å². The maximum Gasteiger partial charge on any atom is 0.335 e. The van der Waals surface area contributed by atoms with E-state index in [1.54, 1.807) is 24.3 Å². The maximum absolute atomic E-state index is 14.0. The van der Waals surface area contributed by atoms with E-state index in [4.69, 9.17) is 13.3 Å². The van der Waals surface area contributed by atoms with Gasteiger partial charge in [0.25, 0.3) is 10.1 Å². The van der Waals surface area contributed by atoms with E-state index >= 15 is 0 Å². The summed E-state index contributed by atoms with van der Waals surface area (Å²) in [5, 5.41) is 3.57. The highest BCUT2D eigenvalue weighted by Gasteiger charge is 2.61. The SMILES string of the molecule is COC(=O)C1=C2Nc3ccccc3[C@@]23CCN(Cc2ccccc2)C3C(CC(OS(=O)(=O)c2ccc(C)cc2)C(C)O[Si](C)(C)C(C)(C)C)C1. The summed E-state index contributed by atoms with van der Waals surface area (Å²) in [5.41, 5.74) is 5.36. The molecule has 10 heteroatoms. The summed E-state index contributed by atoms with van der Waals surface area (Å²) >= 11 is 0. The van der Waals surface area contributed by atoms with E-state index < -0.39 is 36.1 Å². The molecule has 8 nitrogen and oxygen atoms in total. The van der Waals surface area contributed by atoms with Crippen LogP contribution in [-0.2, 0) is 40.2 Å². The van der Waals surface area contributed by atoms with Crippen LogP contribution in [0, 0.1) is 12.8 Å². The molecule has 0 bridgehead atoms. The Bertz CT molecular complexity index is 1850. The quantitative estimate of drug-likeness (QED) is 0.121. The van der Waals surface area contributed by atoms with Crippen molar-refractivity contribution in [2.24, 2.45) is 5.92 Å². The molecular formula is C40H52N2O6SSi. The second-order valence-electron chi connectivity index (χ2n) is 15.8. The zero-order valence-corrected chi connectivity index (χ0v) is 32.5. The van der Waals surface area contributed by atoms with Crippen LogP contribution in [0.5, 0.6) is 0 Å². The second-order valence-corrected chi connectivity index (χ2v) is 22.2. The van der Waals surface area contributed by atoms with E-state index in [1.165, 1.54) is 12.7 Å². The van der Waals surface area contributed by atoms with Crippen LogP contribution < -0.4 is 5.32 Å². The molecule has 4 unspecified atom stereocenters. The number of esters is 1. The average molecular weight is 717 g/mol. The van der Waals surface area contributed by atoms with Crippen LogP contribution in [0.1, 0.15) is 63.6 Å².